The molecule has 0 aromatic heterocycles. The molecule has 0 radical (unpaired) electrons. The minimum Gasteiger partial charge on any atom is -0.330 e. The quantitative estimate of drug-likeness (QED) is 0.896. The fourth-order valence-electron chi connectivity index (χ4n) is 3.32. The average Bonchev–Trinajstić information content (AvgIpc) is 2.96. The molecule has 0 amide bonds. The highest BCUT2D eigenvalue weighted by Gasteiger charge is 2.33. The van der Waals surface area contributed by atoms with E-state index in [0.29, 0.717) is 30.5 Å². The van der Waals surface area contributed by atoms with Gasteiger partial charge in [-0.05, 0) is 24.1 Å². The summed E-state index contributed by atoms with van der Waals surface area (Å²) < 4.78 is 14.1. The van der Waals surface area contributed by atoms with Gasteiger partial charge in [0.1, 0.15) is 5.82 Å². The molecule has 2 atom stereocenters. The lowest BCUT2D eigenvalue weighted by Gasteiger charge is -2.17. The summed E-state index contributed by atoms with van der Waals surface area (Å²) in [6, 6.07) is 15.6. The number of benzene rings is 2. The molecule has 1 fully saturated rings. The van der Waals surface area contributed by atoms with Gasteiger partial charge in [-0.2, -0.15) is 0 Å². The van der Waals surface area contributed by atoms with Gasteiger partial charge in [-0.3, -0.25) is 4.90 Å². The Balaban J connectivity index is 0.00000192. The van der Waals surface area contributed by atoms with Crippen LogP contribution in [0.15, 0.2) is 48.5 Å². The molecular formula is C18H21Cl2FN2. The van der Waals surface area contributed by atoms with E-state index < -0.39 is 0 Å². The van der Waals surface area contributed by atoms with Crippen LogP contribution in [0.2, 0.25) is 5.02 Å². The maximum Gasteiger partial charge on any atom is 0.146 e. The first-order valence-corrected chi connectivity index (χ1v) is 7.97. The van der Waals surface area contributed by atoms with Crippen LogP contribution in [0.5, 0.6) is 0 Å². The van der Waals surface area contributed by atoms with E-state index in [1.807, 2.05) is 6.07 Å². The van der Waals surface area contributed by atoms with Crippen molar-refractivity contribution in [3.63, 3.8) is 0 Å². The molecule has 5 heteroatoms. The summed E-state index contributed by atoms with van der Waals surface area (Å²) in [4.78, 5) is 2.27. The van der Waals surface area contributed by atoms with Gasteiger partial charge in [-0.15, -0.1) is 12.4 Å². The van der Waals surface area contributed by atoms with Gasteiger partial charge >= 0.3 is 0 Å². The monoisotopic (exact) mass is 354 g/mol. The van der Waals surface area contributed by atoms with Gasteiger partial charge in [-0.1, -0.05) is 54.1 Å². The van der Waals surface area contributed by atoms with Crippen molar-refractivity contribution in [2.75, 3.05) is 19.6 Å². The molecule has 23 heavy (non-hydrogen) atoms. The molecular weight excluding hydrogens is 334 g/mol. The zero-order chi connectivity index (χ0) is 15.5. The van der Waals surface area contributed by atoms with Gasteiger partial charge in [-0.25, -0.2) is 4.39 Å². The Hall–Kier alpha value is -1.13. The molecule has 3 rings (SSSR count). The normalized spacial score (nSPS) is 21.2. The van der Waals surface area contributed by atoms with Gasteiger partial charge in [0.2, 0.25) is 0 Å². The van der Waals surface area contributed by atoms with E-state index in [2.05, 4.69) is 29.2 Å². The van der Waals surface area contributed by atoms with E-state index in [9.17, 15) is 4.39 Å². The Kier molecular flexibility index (Phi) is 6.42. The highest BCUT2D eigenvalue weighted by atomic mass is 35.5. The predicted molar refractivity (Wildman–Crippen MR) is 95.7 cm³/mol. The number of halogens is 3. The summed E-state index contributed by atoms with van der Waals surface area (Å²) in [6.07, 6.45) is 0. The lowest BCUT2D eigenvalue weighted by Crippen LogP contribution is -2.23. The lowest BCUT2D eigenvalue weighted by molar-refractivity contribution is 0.311. The topological polar surface area (TPSA) is 29.3 Å². The zero-order valence-electron chi connectivity index (χ0n) is 12.8. The van der Waals surface area contributed by atoms with E-state index in [-0.39, 0.29) is 23.2 Å². The van der Waals surface area contributed by atoms with Crippen LogP contribution in [0.3, 0.4) is 0 Å². The van der Waals surface area contributed by atoms with Crippen molar-refractivity contribution < 1.29 is 4.39 Å². The molecule has 2 aromatic rings. The van der Waals surface area contributed by atoms with Crippen molar-refractivity contribution in [3.8, 4) is 0 Å². The van der Waals surface area contributed by atoms with Gasteiger partial charge in [0.25, 0.3) is 0 Å². The third-order valence-corrected chi connectivity index (χ3v) is 4.76. The van der Waals surface area contributed by atoms with Gasteiger partial charge < -0.3 is 5.73 Å². The summed E-state index contributed by atoms with van der Waals surface area (Å²) in [5, 5.41) is 0.187. The molecule has 0 unspecified atom stereocenters. The summed E-state index contributed by atoms with van der Waals surface area (Å²) in [7, 11) is 0. The smallest absolute Gasteiger partial charge is 0.146 e. The molecule has 0 spiro atoms. The number of likely N-dealkylation sites (tertiary alicyclic amines) is 1. The fourth-order valence-corrected chi connectivity index (χ4v) is 3.51. The Labute approximate surface area is 147 Å². The third kappa shape index (κ3) is 4.04. The van der Waals surface area contributed by atoms with Gasteiger partial charge in [0, 0.05) is 31.1 Å². The second-order valence-electron chi connectivity index (χ2n) is 5.92. The third-order valence-electron chi connectivity index (χ3n) is 4.47. The minimum atomic E-state index is -0.309. The molecule has 124 valence electrons. The van der Waals surface area contributed by atoms with Crippen molar-refractivity contribution >= 4 is 24.0 Å². The molecule has 2 aromatic carbocycles. The molecule has 1 heterocycles. The summed E-state index contributed by atoms with van der Waals surface area (Å²) >= 11 is 5.87. The van der Waals surface area contributed by atoms with Crippen molar-refractivity contribution in [2.24, 2.45) is 11.7 Å². The van der Waals surface area contributed by atoms with Crippen LogP contribution in [0.4, 0.5) is 4.39 Å². The Morgan fingerprint density at radius 2 is 1.83 bits per heavy atom. The van der Waals surface area contributed by atoms with Gasteiger partial charge in [0.05, 0.1) is 5.02 Å². The maximum absolute atomic E-state index is 14.1. The molecule has 0 saturated carbocycles. The van der Waals surface area contributed by atoms with Crippen LogP contribution in [0.1, 0.15) is 17.0 Å². The predicted octanol–water partition coefficient (Wildman–Crippen LogP) is 4.08. The van der Waals surface area contributed by atoms with Crippen LogP contribution in [-0.2, 0) is 6.54 Å². The van der Waals surface area contributed by atoms with Crippen LogP contribution in [-0.4, -0.2) is 24.5 Å². The van der Waals surface area contributed by atoms with Crippen molar-refractivity contribution in [1.29, 1.82) is 0 Å². The lowest BCUT2D eigenvalue weighted by atomic mass is 9.89. The maximum atomic E-state index is 14.1. The van der Waals surface area contributed by atoms with E-state index in [1.54, 1.807) is 18.2 Å². The van der Waals surface area contributed by atoms with Crippen LogP contribution >= 0.6 is 24.0 Å². The molecule has 1 aliphatic heterocycles. The molecule has 0 aliphatic carbocycles. The average molecular weight is 355 g/mol. The second-order valence-corrected chi connectivity index (χ2v) is 6.33. The molecule has 0 bridgehead atoms. The highest BCUT2D eigenvalue weighted by molar-refractivity contribution is 6.30. The summed E-state index contributed by atoms with van der Waals surface area (Å²) in [5.74, 6) is 0.509. The first kappa shape index (κ1) is 18.2. The SMILES string of the molecule is Cl.NC[C@@H]1CN(Cc2cccc(Cl)c2F)C[C@H]1c1ccccc1. The number of hydrogen-bond acceptors (Lipinski definition) is 2. The number of hydrogen-bond donors (Lipinski definition) is 1. The molecule has 2 N–H and O–H groups in total. The van der Waals surface area contributed by atoms with E-state index in [0.717, 1.165) is 13.1 Å². The van der Waals surface area contributed by atoms with E-state index in [1.165, 1.54) is 5.56 Å². The van der Waals surface area contributed by atoms with Gasteiger partial charge in [0.15, 0.2) is 0 Å². The highest BCUT2D eigenvalue weighted by Crippen LogP contribution is 2.33. The van der Waals surface area contributed by atoms with Crippen LogP contribution in [0, 0.1) is 11.7 Å². The number of nitrogens with zero attached hydrogens (tertiary/aromatic N) is 1. The first-order chi connectivity index (χ1) is 10.7. The summed E-state index contributed by atoms with van der Waals surface area (Å²) in [5.41, 5.74) is 7.91. The fraction of sp³-hybridized carbons (Fsp3) is 0.333. The minimum absolute atomic E-state index is 0. The Morgan fingerprint density at radius 3 is 2.52 bits per heavy atom. The largest absolute Gasteiger partial charge is 0.330 e. The zero-order valence-corrected chi connectivity index (χ0v) is 14.4. The number of nitrogens with two attached hydrogens (primary N) is 1. The van der Waals surface area contributed by atoms with Crippen molar-refractivity contribution in [3.05, 3.63) is 70.5 Å². The molecule has 1 saturated heterocycles. The van der Waals surface area contributed by atoms with Crippen molar-refractivity contribution in [2.45, 2.75) is 12.5 Å². The second kappa shape index (κ2) is 8.11. The van der Waals surface area contributed by atoms with E-state index in [4.69, 9.17) is 17.3 Å². The molecule has 2 nitrogen and oxygen atoms in total. The van der Waals surface area contributed by atoms with Crippen LogP contribution < -0.4 is 5.73 Å². The van der Waals surface area contributed by atoms with E-state index >= 15 is 0 Å². The standard InChI is InChI=1S/C18H20ClFN2.ClH/c19-17-8-4-7-14(18(17)20)10-22-11-15(9-21)16(12-22)13-5-2-1-3-6-13;/h1-8,15-16H,9-12,21H2;1H/t15-,16+;/m1./s1. The Bertz CT molecular complexity index is 636. The first-order valence-electron chi connectivity index (χ1n) is 7.59. The summed E-state index contributed by atoms with van der Waals surface area (Å²) in [6.45, 7) is 3.01. The molecule has 1 aliphatic rings. The van der Waals surface area contributed by atoms with Crippen molar-refractivity contribution in [1.82, 2.24) is 4.90 Å². The van der Waals surface area contributed by atoms with Crippen LogP contribution in [0.25, 0.3) is 0 Å². The Morgan fingerprint density at radius 1 is 1.09 bits per heavy atom. The number of rotatable bonds is 4.